The van der Waals surface area contributed by atoms with Crippen molar-refractivity contribution in [2.45, 2.75) is 19.9 Å². The number of hydrogen-bond donors (Lipinski definition) is 0. The van der Waals surface area contributed by atoms with E-state index in [4.69, 9.17) is 10.00 Å². The molecule has 17 heavy (non-hydrogen) atoms. The lowest BCUT2D eigenvalue weighted by Gasteiger charge is -2.03. The van der Waals surface area contributed by atoms with Gasteiger partial charge >= 0.3 is 0 Å². The van der Waals surface area contributed by atoms with Gasteiger partial charge in [-0.15, -0.1) is 0 Å². The molecule has 0 saturated heterocycles. The van der Waals surface area contributed by atoms with Crippen molar-refractivity contribution in [3.05, 3.63) is 36.3 Å². The van der Waals surface area contributed by atoms with Gasteiger partial charge in [0.05, 0.1) is 12.4 Å². The van der Waals surface area contributed by atoms with E-state index in [0.717, 1.165) is 0 Å². The maximum Gasteiger partial charge on any atom is 0.220 e. The van der Waals surface area contributed by atoms with E-state index < -0.39 is 0 Å². The minimum atomic E-state index is 0.283. The zero-order valence-corrected chi connectivity index (χ0v) is 9.66. The van der Waals surface area contributed by atoms with Crippen molar-refractivity contribution in [2.24, 2.45) is 0 Å². The summed E-state index contributed by atoms with van der Waals surface area (Å²) in [6.45, 7) is 4.07. The summed E-state index contributed by atoms with van der Waals surface area (Å²) >= 11 is 0. The molecule has 0 aliphatic rings. The van der Waals surface area contributed by atoms with Crippen molar-refractivity contribution in [3.63, 3.8) is 0 Å². The van der Waals surface area contributed by atoms with E-state index in [9.17, 15) is 0 Å². The van der Waals surface area contributed by atoms with E-state index >= 15 is 0 Å². The SMILES string of the molecule is CC(C)n1cc(Oc2cccc(C#N)n2)cn1. The fraction of sp³-hybridized carbons (Fsp3) is 0.250. The van der Waals surface area contributed by atoms with Crippen LogP contribution in [0, 0.1) is 11.3 Å². The Bertz CT molecular complexity index is 554. The molecule has 0 radical (unpaired) electrons. The largest absolute Gasteiger partial charge is 0.436 e. The Hall–Kier alpha value is -2.35. The molecule has 2 aromatic rings. The van der Waals surface area contributed by atoms with Crippen molar-refractivity contribution in [3.8, 4) is 17.7 Å². The molecule has 0 aliphatic carbocycles. The highest BCUT2D eigenvalue weighted by atomic mass is 16.5. The molecule has 0 fully saturated rings. The van der Waals surface area contributed by atoms with Crippen LogP contribution in [-0.2, 0) is 0 Å². The monoisotopic (exact) mass is 228 g/mol. The van der Waals surface area contributed by atoms with Gasteiger partial charge in [-0.1, -0.05) is 6.07 Å². The molecule has 5 nitrogen and oxygen atoms in total. The average molecular weight is 228 g/mol. The topological polar surface area (TPSA) is 63.7 Å². The quantitative estimate of drug-likeness (QED) is 0.809. The van der Waals surface area contributed by atoms with Crippen LogP contribution in [0.1, 0.15) is 25.6 Å². The lowest BCUT2D eigenvalue weighted by molar-refractivity contribution is 0.458. The molecule has 0 unspecified atom stereocenters. The number of ether oxygens (including phenoxy) is 1. The smallest absolute Gasteiger partial charge is 0.220 e. The molecule has 0 atom stereocenters. The number of pyridine rings is 1. The maximum absolute atomic E-state index is 8.72. The Balaban J connectivity index is 2.17. The van der Waals surface area contributed by atoms with Crippen LogP contribution in [0.3, 0.4) is 0 Å². The van der Waals surface area contributed by atoms with Gasteiger partial charge in [0.2, 0.25) is 5.88 Å². The van der Waals surface area contributed by atoms with Gasteiger partial charge in [0.25, 0.3) is 0 Å². The van der Waals surface area contributed by atoms with E-state index in [1.165, 1.54) is 0 Å². The van der Waals surface area contributed by atoms with Gasteiger partial charge in [-0.2, -0.15) is 10.4 Å². The van der Waals surface area contributed by atoms with E-state index in [1.807, 2.05) is 19.9 Å². The predicted molar refractivity (Wildman–Crippen MR) is 61.6 cm³/mol. The fourth-order valence-electron chi connectivity index (χ4n) is 1.31. The fourth-order valence-corrected chi connectivity index (χ4v) is 1.31. The van der Waals surface area contributed by atoms with Crippen LogP contribution < -0.4 is 4.74 Å². The molecule has 0 aliphatic heterocycles. The van der Waals surface area contributed by atoms with Gasteiger partial charge in [-0.05, 0) is 19.9 Å². The standard InChI is InChI=1S/C12H12N4O/c1-9(2)16-8-11(7-14-16)17-12-5-3-4-10(6-13)15-12/h3-5,7-9H,1-2H3. The van der Waals surface area contributed by atoms with Gasteiger partial charge in [0.1, 0.15) is 11.8 Å². The lowest BCUT2D eigenvalue weighted by atomic mass is 10.4. The van der Waals surface area contributed by atoms with Crippen LogP contribution in [0.4, 0.5) is 0 Å². The Labute approximate surface area is 99.3 Å². The van der Waals surface area contributed by atoms with Crippen LogP contribution in [0.2, 0.25) is 0 Å². The molecule has 0 amide bonds. The second-order valence-electron chi connectivity index (χ2n) is 3.82. The van der Waals surface area contributed by atoms with Crippen LogP contribution in [0.25, 0.3) is 0 Å². The lowest BCUT2D eigenvalue weighted by Crippen LogP contribution is -1.99. The molecule has 2 rings (SSSR count). The van der Waals surface area contributed by atoms with Crippen molar-refractivity contribution in [2.75, 3.05) is 0 Å². The minimum absolute atomic E-state index is 0.283. The van der Waals surface area contributed by atoms with Gasteiger partial charge < -0.3 is 4.74 Å². The van der Waals surface area contributed by atoms with Gasteiger partial charge in [0, 0.05) is 12.1 Å². The first-order valence-corrected chi connectivity index (χ1v) is 5.28. The molecule has 2 aromatic heterocycles. The molecular weight excluding hydrogens is 216 g/mol. The molecule has 0 saturated carbocycles. The third-order valence-electron chi connectivity index (χ3n) is 2.17. The molecule has 0 spiro atoms. The molecule has 0 bridgehead atoms. The average Bonchev–Trinajstić information content (AvgIpc) is 2.78. The maximum atomic E-state index is 8.72. The molecular formula is C12H12N4O. The zero-order chi connectivity index (χ0) is 12.3. The first-order chi connectivity index (χ1) is 8.19. The van der Waals surface area contributed by atoms with Crippen molar-refractivity contribution >= 4 is 0 Å². The number of nitrogens with zero attached hydrogens (tertiary/aromatic N) is 4. The molecule has 5 heteroatoms. The summed E-state index contributed by atoms with van der Waals surface area (Å²) in [5.41, 5.74) is 0.332. The summed E-state index contributed by atoms with van der Waals surface area (Å²) in [6.07, 6.45) is 3.42. The number of rotatable bonds is 3. The van der Waals surface area contributed by atoms with Crippen LogP contribution in [-0.4, -0.2) is 14.8 Å². The summed E-state index contributed by atoms with van der Waals surface area (Å²) in [5, 5.41) is 12.9. The Kier molecular flexibility index (Phi) is 3.06. The third kappa shape index (κ3) is 2.61. The van der Waals surface area contributed by atoms with E-state index in [0.29, 0.717) is 17.3 Å². The van der Waals surface area contributed by atoms with E-state index in [1.54, 1.807) is 35.3 Å². The Morgan fingerprint density at radius 2 is 2.24 bits per heavy atom. The van der Waals surface area contributed by atoms with Crippen molar-refractivity contribution in [1.82, 2.24) is 14.8 Å². The number of nitriles is 1. The second-order valence-corrected chi connectivity index (χ2v) is 3.82. The summed E-state index contributed by atoms with van der Waals surface area (Å²) in [4.78, 5) is 4.02. The number of aromatic nitrogens is 3. The summed E-state index contributed by atoms with van der Waals surface area (Å²) < 4.78 is 7.30. The van der Waals surface area contributed by atoms with Crippen molar-refractivity contribution in [1.29, 1.82) is 5.26 Å². The molecule has 86 valence electrons. The summed E-state index contributed by atoms with van der Waals surface area (Å²) in [5.74, 6) is 1.01. The minimum Gasteiger partial charge on any atom is -0.436 e. The van der Waals surface area contributed by atoms with Crippen LogP contribution in [0.5, 0.6) is 11.6 Å². The molecule has 2 heterocycles. The molecule has 0 N–H and O–H groups in total. The number of hydrogen-bond acceptors (Lipinski definition) is 4. The summed E-state index contributed by atoms with van der Waals surface area (Å²) in [6, 6.07) is 7.31. The Morgan fingerprint density at radius 3 is 2.88 bits per heavy atom. The van der Waals surface area contributed by atoms with E-state index in [-0.39, 0.29) is 6.04 Å². The predicted octanol–water partition coefficient (Wildman–Crippen LogP) is 2.52. The molecule has 0 aromatic carbocycles. The first kappa shape index (κ1) is 11.1. The highest BCUT2D eigenvalue weighted by Gasteiger charge is 2.04. The second kappa shape index (κ2) is 4.66. The highest BCUT2D eigenvalue weighted by molar-refractivity contribution is 5.27. The zero-order valence-electron chi connectivity index (χ0n) is 9.66. The van der Waals surface area contributed by atoms with Gasteiger partial charge in [-0.3, -0.25) is 4.68 Å². The van der Waals surface area contributed by atoms with Crippen molar-refractivity contribution < 1.29 is 4.74 Å². The first-order valence-electron chi connectivity index (χ1n) is 5.28. The van der Waals surface area contributed by atoms with Crippen LogP contribution >= 0.6 is 0 Å². The van der Waals surface area contributed by atoms with E-state index in [2.05, 4.69) is 10.1 Å². The van der Waals surface area contributed by atoms with Gasteiger partial charge in [-0.25, -0.2) is 4.98 Å². The normalized spacial score (nSPS) is 10.2. The van der Waals surface area contributed by atoms with Gasteiger partial charge in [0.15, 0.2) is 5.75 Å². The summed E-state index contributed by atoms with van der Waals surface area (Å²) in [7, 11) is 0. The Morgan fingerprint density at radius 1 is 1.41 bits per heavy atom. The highest BCUT2D eigenvalue weighted by Crippen LogP contribution is 2.19. The van der Waals surface area contributed by atoms with Crippen LogP contribution in [0.15, 0.2) is 30.6 Å². The third-order valence-corrected chi connectivity index (χ3v) is 2.17.